The van der Waals surface area contributed by atoms with Gasteiger partial charge in [-0.05, 0) is 102 Å². The molecule has 0 spiro atoms. The van der Waals surface area contributed by atoms with Gasteiger partial charge in [0.05, 0.1) is 15.8 Å². The maximum absolute atomic E-state index is 3.89. The molecule has 10 aromatic carbocycles. The zero-order valence-corrected chi connectivity index (χ0v) is 41.3. The maximum Gasteiger partial charge on any atom is 0.102 e. The normalized spacial score (nSPS) is 11.3. The molecule has 0 bridgehead atoms. The predicted octanol–water partition coefficient (Wildman–Crippen LogP) is 13.2. The second-order valence-electron chi connectivity index (χ2n) is 15.2. The zero-order valence-electron chi connectivity index (χ0n) is 34.6. The summed E-state index contributed by atoms with van der Waals surface area (Å²) in [6.07, 6.45) is 1.97. The van der Waals surface area contributed by atoms with Crippen molar-refractivity contribution in [2.24, 2.45) is 0 Å². The Labute approximate surface area is 400 Å². The third-order valence-electron chi connectivity index (χ3n) is 11.3. The number of benzene rings is 10. The topological polar surface area (TPSA) is 0 Å². The Bertz CT molecular complexity index is 2660. The molecule has 11 rings (SSSR count). The molecule has 0 saturated carbocycles. The van der Waals surface area contributed by atoms with E-state index >= 15 is 0 Å². The second-order valence-corrected chi connectivity index (χ2v) is 21.0. The van der Waals surface area contributed by atoms with E-state index < -0.39 is 15.8 Å². The van der Waals surface area contributed by atoms with E-state index in [2.05, 4.69) is 295 Å². The van der Waals surface area contributed by atoms with Gasteiger partial charge in [-0.25, -0.2) is 0 Å². The van der Waals surface area contributed by atoms with E-state index in [1.165, 1.54) is 80.1 Å². The first-order valence-electron chi connectivity index (χ1n) is 21.0. The van der Waals surface area contributed by atoms with E-state index in [4.69, 9.17) is 0 Å². The van der Waals surface area contributed by atoms with Gasteiger partial charge in [0, 0.05) is 0 Å². The average Bonchev–Trinajstić information content (AvgIpc) is 3.36. The Morgan fingerprint density at radius 3 is 1.03 bits per heavy atom. The third kappa shape index (κ3) is 11.1. The monoisotopic (exact) mass is 1070 g/mol. The fourth-order valence-electron chi connectivity index (χ4n) is 8.31. The minimum absolute atomic E-state index is 0.877. The molecule has 0 N–H and O–H groups in total. The van der Waals surface area contributed by atoms with Gasteiger partial charge in [-0.3, -0.25) is 0 Å². The van der Waals surface area contributed by atoms with Crippen LogP contribution < -0.4 is 31.8 Å². The molecule has 0 unspecified atom stereocenters. The van der Waals surface area contributed by atoms with Crippen LogP contribution >= 0.6 is 45.2 Å². The summed E-state index contributed by atoms with van der Waals surface area (Å²) in [6.45, 7) is 0. The molecular formula is C58H46Br2P2Pd+2. The summed E-state index contributed by atoms with van der Waals surface area (Å²) < 4.78 is 1.24. The summed E-state index contributed by atoms with van der Waals surface area (Å²) in [7, 11) is -1.75. The number of hydrogen-bond donors (Lipinski definition) is 0. The molecular weight excluding hydrogens is 1020 g/mol. The smallest absolute Gasteiger partial charge is 0.0620 e. The fourth-order valence-corrected chi connectivity index (χ4v) is 14.2. The van der Waals surface area contributed by atoms with Gasteiger partial charge >= 0.3 is 30.6 Å². The van der Waals surface area contributed by atoms with Crippen molar-refractivity contribution in [1.29, 1.82) is 0 Å². The molecule has 10 aromatic rings. The third-order valence-corrected chi connectivity index (χ3v) is 17.6. The van der Waals surface area contributed by atoms with Gasteiger partial charge < -0.3 is 0 Å². The summed E-state index contributed by atoms with van der Waals surface area (Å²) in [6, 6.07) is 90.5. The van der Waals surface area contributed by atoms with E-state index in [1.54, 1.807) is 0 Å². The summed E-state index contributed by atoms with van der Waals surface area (Å²) in [5.41, 5.74) is 5.60. The summed E-state index contributed by atoms with van der Waals surface area (Å²) >= 11 is 9.24. The Morgan fingerprint density at radius 2 is 0.667 bits per heavy atom. The molecule has 5 heteroatoms. The van der Waals surface area contributed by atoms with Crippen molar-refractivity contribution in [3.8, 4) is 0 Å². The van der Waals surface area contributed by atoms with Crippen LogP contribution in [0.4, 0.5) is 0 Å². The minimum Gasteiger partial charge on any atom is -0.0620 e. The summed E-state index contributed by atoms with van der Waals surface area (Å²) in [5, 5.41) is 13.6. The molecule has 0 saturated heterocycles. The van der Waals surface area contributed by atoms with Gasteiger partial charge in [0.1, 0.15) is 31.8 Å². The van der Waals surface area contributed by atoms with Gasteiger partial charge in [-0.15, -0.1) is 28.6 Å². The van der Waals surface area contributed by atoms with Gasteiger partial charge in [0.15, 0.2) is 0 Å². The quantitative estimate of drug-likeness (QED) is 0.0674. The molecule has 0 atom stereocenters. The molecule has 0 aliphatic heterocycles. The number of halogens is 2. The van der Waals surface area contributed by atoms with Crippen LogP contribution in [0.15, 0.2) is 247 Å². The van der Waals surface area contributed by atoms with Crippen molar-refractivity contribution in [1.82, 2.24) is 0 Å². The van der Waals surface area contributed by atoms with Crippen molar-refractivity contribution < 1.29 is 17.2 Å². The van der Waals surface area contributed by atoms with Gasteiger partial charge in [-0.2, -0.15) is 0 Å². The Balaban J connectivity index is 0.000000128. The van der Waals surface area contributed by atoms with Crippen LogP contribution in [0.2, 0.25) is 0 Å². The Kier molecular flexibility index (Phi) is 16.1. The van der Waals surface area contributed by atoms with Crippen LogP contribution in [0, 0.1) is 6.07 Å². The van der Waals surface area contributed by atoms with Crippen molar-refractivity contribution in [3.05, 3.63) is 275 Å². The van der Waals surface area contributed by atoms with E-state index in [9.17, 15) is 0 Å². The standard InChI is InChI=1S/C22H14Br.2C18H15P.BrH.Pd/c23-22-20-12-16-7-3-1-5-14(16)9-18(20)11-19-10-15-6-2-4-8-17(15)13-21(19)22;2*1-4-10-16(11-5-1)19(17-12-6-2-7-13-17)18-14-8-3-9-15-18;;/h1-9,12H,10,13H2;2*1-15H;1H;/q-1;;;;+2/p+1. The van der Waals surface area contributed by atoms with Crippen molar-refractivity contribution in [2.45, 2.75) is 12.8 Å². The van der Waals surface area contributed by atoms with Gasteiger partial charge in [0.25, 0.3) is 0 Å². The van der Waals surface area contributed by atoms with Crippen LogP contribution in [-0.2, 0) is 30.0 Å². The van der Waals surface area contributed by atoms with Crippen LogP contribution in [0.1, 0.15) is 22.3 Å². The van der Waals surface area contributed by atoms with Crippen LogP contribution in [0.3, 0.4) is 0 Å². The van der Waals surface area contributed by atoms with E-state index in [0.717, 1.165) is 12.8 Å². The van der Waals surface area contributed by atoms with Crippen LogP contribution in [0.5, 0.6) is 0 Å². The minimum atomic E-state index is -0.877. The predicted molar refractivity (Wildman–Crippen MR) is 282 cm³/mol. The molecule has 0 radical (unpaired) electrons. The number of rotatable bonds is 6. The fraction of sp³-hybridized carbons (Fsp3) is 0.0345. The Hall–Kier alpha value is -4.80. The molecule has 0 heterocycles. The first-order valence-corrected chi connectivity index (χ1v) is 28.3. The van der Waals surface area contributed by atoms with Crippen LogP contribution in [-0.4, -0.2) is 0 Å². The van der Waals surface area contributed by atoms with Crippen molar-refractivity contribution >= 4 is 98.6 Å². The first-order chi connectivity index (χ1) is 31.2. The second kappa shape index (κ2) is 22.7. The molecule has 0 amide bonds. The van der Waals surface area contributed by atoms with Crippen molar-refractivity contribution in [3.63, 3.8) is 0 Å². The van der Waals surface area contributed by atoms with Gasteiger partial charge in [-0.1, -0.05) is 195 Å². The maximum atomic E-state index is 3.89. The largest absolute Gasteiger partial charge is 0.102 e. The SMILES string of the molecule is Brc1c2c([c-]c3cc4ccccc4cc13)Cc1ccccc1C2.[Br][Pd+].c1ccc([PH+](c2ccccc2)c2ccccc2)cc1.c1ccc([PH+](c2ccccc2)c2ccccc2)cc1. The Morgan fingerprint density at radius 1 is 0.365 bits per heavy atom. The number of hydrogen-bond acceptors (Lipinski definition) is 0. The molecule has 1 aliphatic carbocycles. The van der Waals surface area contributed by atoms with E-state index in [1.807, 2.05) is 0 Å². The van der Waals surface area contributed by atoms with E-state index in [-0.39, 0.29) is 0 Å². The number of fused-ring (bicyclic) bond motifs is 4. The van der Waals surface area contributed by atoms with Crippen LogP contribution in [0.25, 0.3) is 21.5 Å². The zero-order chi connectivity index (χ0) is 43.2. The molecule has 63 heavy (non-hydrogen) atoms. The first kappa shape index (κ1) is 44.8. The molecule has 0 fully saturated rings. The molecule has 0 aromatic heterocycles. The van der Waals surface area contributed by atoms with Crippen molar-refractivity contribution in [2.75, 3.05) is 0 Å². The summed E-state index contributed by atoms with van der Waals surface area (Å²) in [4.78, 5) is 0. The average molecular weight is 1070 g/mol. The van der Waals surface area contributed by atoms with Gasteiger partial charge in [0.2, 0.25) is 0 Å². The molecule has 0 nitrogen and oxygen atoms in total. The molecule has 1 aliphatic rings. The summed E-state index contributed by atoms with van der Waals surface area (Å²) in [5.74, 6) is 0. The molecule has 310 valence electrons. The van der Waals surface area contributed by atoms with E-state index in [0.29, 0.717) is 0 Å².